The standard InChI is InChI=1S/C25H31N5O3S/c1-6-18-10-8-9-11-21(18)26-22(31)16-29(4)24(32)17(3)34-25-28-27-23(30(25)7-2)19-12-14-20(33-5)15-13-19/h8-15,17H,6-7,16H2,1-5H3,(H,26,31)/t17-/m0/s1. The number of para-hydroxylation sites is 1. The Hall–Kier alpha value is -3.33. The van der Waals surface area contributed by atoms with E-state index in [1.165, 1.54) is 16.7 Å². The van der Waals surface area contributed by atoms with Crippen molar-refractivity contribution in [3.8, 4) is 17.1 Å². The number of ether oxygens (including phenoxy) is 1. The van der Waals surface area contributed by atoms with Gasteiger partial charge in [0.1, 0.15) is 5.75 Å². The predicted octanol–water partition coefficient (Wildman–Crippen LogP) is 4.11. The number of likely N-dealkylation sites (N-methyl/N-ethyl adjacent to an activating group) is 1. The van der Waals surface area contributed by atoms with E-state index in [1.807, 2.05) is 73.9 Å². The topological polar surface area (TPSA) is 89.3 Å². The lowest BCUT2D eigenvalue weighted by Gasteiger charge is -2.21. The van der Waals surface area contributed by atoms with Crippen molar-refractivity contribution in [3.05, 3.63) is 54.1 Å². The molecule has 0 spiro atoms. The van der Waals surface area contributed by atoms with Crippen LogP contribution in [0.15, 0.2) is 53.7 Å². The molecule has 0 aliphatic rings. The maximum atomic E-state index is 13.0. The zero-order valence-corrected chi connectivity index (χ0v) is 21.1. The van der Waals surface area contributed by atoms with Crippen LogP contribution in [-0.4, -0.2) is 57.4 Å². The second kappa shape index (κ2) is 11.7. The minimum Gasteiger partial charge on any atom is -0.497 e. The van der Waals surface area contributed by atoms with Crippen molar-refractivity contribution in [3.63, 3.8) is 0 Å². The molecule has 0 aliphatic carbocycles. The number of rotatable bonds is 10. The summed E-state index contributed by atoms with van der Waals surface area (Å²) in [5, 5.41) is 11.8. The van der Waals surface area contributed by atoms with E-state index in [2.05, 4.69) is 15.5 Å². The lowest BCUT2D eigenvalue weighted by Crippen LogP contribution is -2.39. The van der Waals surface area contributed by atoms with E-state index in [-0.39, 0.29) is 18.4 Å². The van der Waals surface area contributed by atoms with Crippen LogP contribution >= 0.6 is 11.8 Å². The molecule has 9 heteroatoms. The molecule has 0 saturated heterocycles. The van der Waals surface area contributed by atoms with Gasteiger partial charge >= 0.3 is 0 Å². The number of hydrogen-bond donors (Lipinski definition) is 1. The van der Waals surface area contributed by atoms with Crippen LogP contribution in [0.5, 0.6) is 5.75 Å². The number of aromatic nitrogens is 3. The average molecular weight is 482 g/mol. The zero-order chi connectivity index (χ0) is 24.7. The van der Waals surface area contributed by atoms with Gasteiger partial charge < -0.3 is 19.5 Å². The molecule has 0 saturated carbocycles. The minimum absolute atomic E-state index is 0.0284. The Morgan fingerprint density at radius 3 is 2.47 bits per heavy atom. The van der Waals surface area contributed by atoms with Crippen molar-refractivity contribution >= 4 is 29.3 Å². The van der Waals surface area contributed by atoms with Gasteiger partial charge in [-0.2, -0.15) is 0 Å². The summed E-state index contributed by atoms with van der Waals surface area (Å²) in [5.41, 5.74) is 2.75. The van der Waals surface area contributed by atoms with Crippen LogP contribution in [0, 0.1) is 0 Å². The SMILES string of the molecule is CCc1ccccc1NC(=O)CN(C)C(=O)[C@H](C)Sc1nnc(-c2ccc(OC)cc2)n1CC. The van der Waals surface area contributed by atoms with Crippen LogP contribution in [-0.2, 0) is 22.6 Å². The highest BCUT2D eigenvalue weighted by Crippen LogP contribution is 2.28. The Morgan fingerprint density at radius 2 is 1.82 bits per heavy atom. The van der Waals surface area contributed by atoms with E-state index in [9.17, 15) is 9.59 Å². The summed E-state index contributed by atoms with van der Waals surface area (Å²) in [6.45, 7) is 6.49. The number of amides is 2. The van der Waals surface area contributed by atoms with Gasteiger partial charge in [0, 0.05) is 24.8 Å². The maximum absolute atomic E-state index is 13.0. The summed E-state index contributed by atoms with van der Waals surface area (Å²) >= 11 is 1.33. The molecular formula is C25H31N5O3S. The Balaban J connectivity index is 1.64. The van der Waals surface area contributed by atoms with Crippen molar-refractivity contribution in [2.45, 2.75) is 44.1 Å². The fourth-order valence-electron chi connectivity index (χ4n) is 3.57. The van der Waals surface area contributed by atoms with E-state index in [0.717, 1.165) is 34.8 Å². The monoisotopic (exact) mass is 481 g/mol. The van der Waals surface area contributed by atoms with E-state index >= 15 is 0 Å². The van der Waals surface area contributed by atoms with Crippen LogP contribution in [0.1, 0.15) is 26.3 Å². The van der Waals surface area contributed by atoms with Crippen LogP contribution in [0.3, 0.4) is 0 Å². The van der Waals surface area contributed by atoms with E-state index in [0.29, 0.717) is 11.7 Å². The fraction of sp³-hybridized carbons (Fsp3) is 0.360. The highest BCUT2D eigenvalue weighted by molar-refractivity contribution is 8.00. The normalized spacial score (nSPS) is 11.7. The number of nitrogens with one attached hydrogen (secondary N) is 1. The lowest BCUT2D eigenvalue weighted by atomic mass is 10.1. The molecule has 0 unspecified atom stereocenters. The third kappa shape index (κ3) is 5.96. The fourth-order valence-corrected chi connectivity index (χ4v) is 4.59. The first kappa shape index (κ1) is 25.3. The largest absolute Gasteiger partial charge is 0.497 e. The number of carbonyl (C=O) groups is 2. The number of carbonyl (C=O) groups excluding carboxylic acids is 2. The van der Waals surface area contributed by atoms with Gasteiger partial charge in [0.15, 0.2) is 11.0 Å². The second-order valence-electron chi connectivity index (χ2n) is 7.79. The quantitative estimate of drug-likeness (QED) is 0.438. The van der Waals surface area contributed by atoms with Crippen molar-refractivity contribution in [2.75, 3.05) is 26.0 Å². The van der Waals surface area contributed by atoms with Crippen LogP contribution in [0.2, 0.25) is 0 Å². The molecule has 1 aromatic heterocycles. The van der Waals surface area contributed by atoms with Gasteiger partial charge in [0.2, 0.25) is 11.8 Å². The number of anilines is 1. The predicted molar refractivity (Wildman–Crippen MR) is 135 cm³/mol. The van der Waals surface area contributed by atoms with E-state index < -0.39 is 5.25 Å². The second-order valence-corrected chi connectivity index (χ2v) is 9.10. The average Bonchev–Trinajstić information content (AvgIpc) is 3.26. The molecule has 1 heterocycles. The zero-order valence-electron chi connectivity index (χ0n) is 20.2. The number of benzene rings is 2. The molecule has 34 heavy (non-hydrogen) atoms. The van der Waals surface area contributed by atoms with Crippen LogP contribution in [0.4, 0.5) is 5.69 Å². The highest BCUT2D eigenvalue weighted by Gasteiger charge is 2.24. The van der Waals surface area contributed by atoms with Crippen molar-refractivity contribution in [2.24, 2.45) is 0 Å². The first-order valence-corrected chi connectivity index (χ1v) is 12.1. The van der Waals surface area contributed by atoms with Crippen LogP contribution in [0.25, 0.3) is 11.4 Å². The van der Waals surface area contributed by atoms with Crippen LogP contribution < -0.4 is 10.1 Å². The van der Waals surface area contributed by atoms with Gasteiger partial charge in [0.05, 0.1) is 18.9 Å². The van der Waals surface area contributed by atoms with Gasteiger partial charge in [-0.15, -0.1) is 10.2 Å². The molecule has 2 aromatic carbocycles. The molecule has 0 radical (unpaired) electrons. The number of hydrogen-bond acceptors (Lipinski definition) is 6. The smallest absolute Gasteiger partial charge is 0.243 e. The maximum Gasteiger partial charge on any atom is 0.243 e. The van der Waals surface area contributed by atoms with Gasteiger partial charge in [-0.1, -0.05) is 36.9 Å². The molecule has 1 atom stereocenters. The Labute approximate surface area is 204 Å². The minimum atomic E-state index is -0.432. The molecule has 2 amide bonds. The molecule has 0 aliphatic heterocycles. The molecule has 0 bridgehead atoms. The van der Waals surface area contributed by atoms with Gasteiger partial charge in [0.25, 0.3) is 0 Å². The van der Waals surface area contributed by atoms with E-state index in [1.54, 1.807) is 14.2 Å². The number of thioether (sulfide) groups is 1. The van der Waals surface area contributed by atoms with Crippen molar-refractivity contribution in [1.29, 1.82) is 0 Å². The molecule has 180 valence electrons. The summed E-state index contributed by atoms with van der Waals surface area (Å²) in [4.78, 5) is 26.9. The Bertz CT molecular complexity index is 1130. The third-order valence-electron chi connectivity index (χ3n) is 5.44. The number of methoxy groups -OCH3 is 1. The molecule has 3 aromatic rings. The van der Waals surface area contributed by atoms with Gasteiger partial charge in [-0.25, -0.2) is 0 Å². The molecule has 0 fully saturated rings. The Kier molecular flexibility index (Phi) is 8.70. The summed E-state index contributed by atoms with van der Waals surface area (Å²) in [7, 11) is 3.26. The highest BCUT2D eigenvalue weighted by atomic mass is 32.2. The number of aryl methyl sites for hydroxylation is 1. The first-order valence-electron chi connectivity index (χ1n) is 11.2. The molecule has 1 N–H and O–H groups in total. The Morgan fingerprint density at radius 1 is 1.12 bits per heavy atom. The summed E-state index contributed by atoms with van der Waals surface area (Å²) in [5.74, 6) is 1.12. The summed E-state index contributed by atoms with van der Waals surface area (Å²) in [6, 6.07) is 15.3. The molecular weight excluding hydrogens is 450 g/mol. The third-order valence-corrected chi connectivity index (χ3v) is 6.51. The van der Waals surface area contributed by atoms with Gasteiger partial charge in [-0.05, 0) is 56.2 Å². The van der Waals surface area contributed by atoms with Crippen molar-refractivity contribution < 1.29 is 14.3 Å². The molecule has 8 nitrogen and oxygen atoms in total. The van der Waals surface area contributed by atoms with E-state index in [4.69, 9.17) is 4.74 Å². The summed E-state index contributed by atoms with van der Waals surface area (Å²) < 4.78 is 7.20. The lowest BCUT2D eigenvalue weighted by molar-refractivity contribution is -0.132. The van der Waals surface area contributed by atoms with Gasteiger partial charge in [-0.3, -0.25) is 9.59 Å². The molecule has 3 rings (SSSR count). The number of nitrogens with zero attached hydrogens (tertiary/aromatic N) is 4. The first-order chi connectivity index (χ1) is 16.4. The summed E-state index contributed by atoms with van der Waals surface area (Å²) in [6.07, 6.45) is 0.815. The van der Waals surface area contributed by atoms with Crippen molar-refractivity contribution in [1.82, 2.24) is 19.7 Å².